The quantitative estimate of drug-likeness (QED) is 0.698. The van der Waals surface area contributed by atoms with Crippen LogP contribution in [0.25, 0.3) is 10.9 Å². The average Bonchev–Trinajstić information content (AvgIpc) is 2.90. The molecule has 0 atom stereocenters. The predicted molar refractivity (Wildman–Crippen MR) is 85.6 cm³/mol. The van der Waals surface area contributed by atoms with Gasteiger partial charge in [-0.1, -0.05) is 6.42 Å². The molecule has 1 amide bonds. The van der Waals surface area contributed by atoms with Crippen molar-refractivity contribution in [2.45, 2.75) is 38.6 Å². The van der Waals surface area contributed by atoms with E-state index in [1.165, 1.54) is 12.1 Å². The zero-order valence-electron chi connectivity index (χ0n) is 12.9. The summed E-state index contributed by atoms with van der Waals surface area (Å²) in [6.07, 6.45) is 4.54. The number of carbonyl (C=O) groups excluding carboxylic acids is 1. The maximum Gasteiger partial charge on any atom is 0.303 e. The number of rotatable bonds is 9. The fraction of sp³-hybridized carbons (Fsp3) is 0.412. The Morgan fingerprint density at radius 1 is 1.13 bits per heavy atom. The number of carboxylic acids is 1. The summed E-state index contributed by atoms with van der Waals surface area (Å²) in [5.74, 6) is -1.13. The molecule has 0 spiro atoms. The van der Waals surface area contributed by atoms with Crippen LogP contribution in [-0.2, 0) is 16.1 Å². The lowest BCUT2D eigenvalue weighted by molar-refractivity contribution is -0.137. The second kappa shape index (κ2) is 8.31. The number of carbonyl (C=O) groups is 2. The lowest BCUT2D eigenvalue weighted by Crippen LogP contribution is -2.25. The van der Waals surface area contributed by atoms with Crippen LogP contribution < -0.4 is 5.32 Å². The van der Waals surface area contributed by atoms with Crippen LogP contribution in [0.2, 0.25) is 0 Å². The highest BCUT2D eigenvalue weighted by molar-refractivity contribution is 5.80. The fourth-order valence-electron chi connectivity index (χ4n) is 2.47. The van der Waals surface area contributed by atoms with Crippen molar-refractivity contribution in [1.82, 2.24) is 9.88 Å². The van der Waals surface area contributed by atoms with Crippen LogP contribution in [0.5, 0.6) is 0 Å². The normalized spacial score (nSPS) is 10.8. The van der Waals surface area contributed by atoms with E-state index in [1.807, 2.05) is 16.8 Å². The maximum atomic E-state index is 13.3. The van der Waals surface area contributed by atoms with Crippen LogP contribution in [0.3, 0.4) is 0 Å². The first-order valence-electron chi connectivity index (χ1n) is 7.79. The minimum atomic E-state index is -0.788. The van der Waals surface area contributed by atoms with Crippen LogP contribution in [0.4, 0.5) is 4.39 Å². The molecule has 1 aromatic carbocycles. The van der Waals surface area contributed by atoms with E-state index >= 15 is 0 Å². The molecule has 0 fully saturated rings. The van der Waals surface area contributed by atoms with E-state index in [9.17, 15) is 14.0 Å². The van der Waals surface area contributed by atoms with E-state index in [4.69, 9.17) is 5.11 Å². The van der Waals surface area contributed by atoms with Gasteiger partial charge in [-0.15, -0.1) is 0 Å². The van der Waals surface area contributed by atoms with Gasteiger partial charge in [0.1, 0.15) is 5.82 Å². The molecular weight excluding hydrogens is 299 g/mol. The van der Waals surface area contributed by atoms with Gasteiger partial charge in [0, 0.05) is 32.1 Å². The summed E-state index contributed by atoms with van der Waals surface area (Å²) in [7, 11) is 0. The van der Waals surface area contributed by atoms with Crippen LogP contribution in [-0.4, -0.2) is 28.1 Å². The number of nitrogens with one attached hydrogen (secondary N) is 1. The third-order valence-electron chi connectivity index (χ3n) is 3.71. The topological polar surface area (TPSA) is 71.3 Å². The predicted octanol–water partition coefficient (Wildman–Crippen LogP) is 2.93. The van der Waals surface area contributed by atoms with Gasteiger partial charge >= 0.3 is 5.97 Å². The molecule has 0 saturated carbocycles. The van der Waals surface area contributed by atoms with Gasteiger partial charge in [-0.2, -0.15) is 0 Å². The van der Waals surface area contributed by atoms with Gasteiger partial charge in [-0.25, -0.2) is 4.39 Å². The van der Waals surface area contributed by atoms with Crippen molar-refractivity contribution in [2.24, 2.45) is 0 Å². The van der Waals surface area contributed by atoms with Crippen molar-refractivity contribution >= 4 is 22.8 Å². The molecular formula is C17H21FN2O3. The third kappa shape index (κ3) is 5.39. The monoisotopic (exact) mass is 320 g/mol. The number of aromatic nitrogens is 1. The zero-order valence-corrected chi connectivity index (χ0v) is 12.9. The second-order valence-electron chi connectivity index (χ2n) is 5.52. The number of benzene rings is 1. The largest absolute Gasteiger partial charge is 0.481 e. The number of carboxylic acid groups (broad SMARTS) is 1. The maximum absolute atomic E-state index is 13.3. The summed E-state index contributed by atoms with van der Waals surface area (Å²) < 4.78 is 15.1. The summed E-state index contributed by atoms with van der Waals surface area (Å²) in [5.41, 5.74) is 0.784. The lowest BCUT2D eigenvalue weighted by atomic mass is 10.2. The Balaban J connectivity index is 1.69. The summed E-state index contributed by atoms with van der Waals surface area (Å²) >= 11 is 0. The molecule has 0 aliphatic heterocycles. The molecule has 0 bridgehead atoms. The molecule has 6 heteroatoms. The Bertz CT molecular complexity index is 682. The number of aryl methyl sites for hydroxylation is 1. The van der Waals surface area contributed by atoms with Gasteiger partial charge in [-0.05, 0) is 42.5 Å². The van der Waals surface area contributed by atoms with Gasteiger partial charge < -0.3 is 15.0 Å². The molecule has 0 saturated heterocycles. The van der Waals surface area contributed by atoms with E-state index < -0.39 is 5.97 Å². The van der Waals surface area contributed by atoms with Crippen molar-refractivity contribution in [1.29, 1.82) is 0 Å². The van der Waals surface area contributed by atoms with Crippen LogP contribution in [0.1, 0.15) is 32.1 Å². The van der Waals surface area contributed by atoms with E-state index in [0.717, 1.165) is 23.7 Å². The molecule has 1 aromatic heterocycles. The minimum Gasteiger partial charge on any atom is -0.481 e. The number of halogens is 1. The van der Waals surface area contributed by atoms with E-state index in [1.54, 1.807) is 6.07 Å². The van der Waals surface area contributed by atoms with E-state index in [2.05, 4.69) is 5.32 Å². The molecule has 5 nitrogen and oxygen atoms in total. The number of hydrogen-bond donors (Lipinski definition) is 2. The Morgan fingerprint density at radius 2 is 1.96 bits per heavy atom. The number of aliphatic carboxylic acids is 1. The number of hydrogen-bond acceptors (Lipinski definition) is 2. The summed E-state index contributed by atoms with van der Waals surface area (Å²) in [5, 5.41) is 12.3. The first kappa shape index (κ1) is 17.0. The van der Waals surface area contributed by atoms with Crippen molar-refractivity contribution < 1.29 is 19.1 Å². The zero-order chi connectivity index (χ0) is 16.7. The van der Waals surface area contributed by atoms with Crippen LogP contribution >= 0.6 is 0 Å². The Kier molecular flexibility index (Phi) is 6.14. The molecule has 23 heavy (non-hydrogen) atoms. The van der Waals surface area contributed by atoms with Crippen molar-refractivity contribution in [3.63, 3.8) is 0 Å². The standard InChI is InChI=1S/C17H21FN2O3/c18-14-6-5-13-7-10-20(15(13)12-14)11-8-16(21)19-9-3-1-2-4-17(22)23/h5-7,10,12H,1-4,8-9,11H2,(H,19,21)(H,22,23). The smallest absolute Gasteiger partial charge is 0.303 e. The molecule has 2 rings (SSSR count). The third-order valence-corrected chi connectivity index (χ3v) is 3.71. The molecule has 0 unspecified atom stereocenters. The number of fused-ring (bicyclic) bond motifs is 1. The first-order chi connectivity index (χ1) is 11.1. The van der Waals surface area contributed by atoms with Crippen molar-refractivity contribution in [3.8, 4) is 0 Å². The van der Waals surface area contributed by atoms with Gasteiger partial charge in [0.25, 0.3) is 0 Å². The molecule has 0 radical (unpaired) electrons. The molecule has 1 heterocycles. The van der Waals surface area contributed by atoms with Gasteiger partial charge in [0.2, 0.25) is 5.91 Å². The van der Waals surface area contributed by atoms with E-state index in [-0.39, 0.29) is 18.1 Å². The molecule has 2 aromatic rings. The highest BCUT2D eigenvalue weighted by Crippen LogP contribution is 2.17. The van der Waals surface area contributed by atoms with Gasteiger partial charge in [0.05, 0.1) is 5.52 Å². The Hall–Kier alpha value is -2.37. The first-order valence-corrected chi connectivity index (χ1v) is 7.79. The summed E-state index contributed by atoms with van der Waals surface area (Å²) in [6.45, 7) is 1.05. The molecule has 2 N–H and O–H groups in total. The van der Waals surface area contributed by atoms with Crippen LogP contribution in [0, 0.1) is 5.82 Å². The molecule has 124 valence electrons. The molecule has 0 aliphatic carbocycles. The lowest BCUT2D eigenvalue weighted by Gasteiger charge is -2.07. The number of amides is 1. The fourth-order valence-corrected chi connectivity index (χ4v) is 2.47. The van der Waals surface area contributed by atoms with E-state index in [0.29, 0.717) is 25.9 Å². The van der Waals surface area contributed by atoms with Gasteiger partial charge in [-0.3, -0.25) is 9.59 Å². The highest BCUT2D eigenvalue weighted by atomic mass is 19.1. The van der Waals surface area contributed by atoms with Crippen molar-refractivity contribution in [3.05, 3.63) is 36.3 Å². The molecule has 0 aliphatic rings. The average molecular weight is 320 g/mol. The number of unbranched alkanes of at least 4 members (excludes halogenated alkanes) is 2. The highest BCUT2D eigenvalue weighted by Gasteiger charge is 2.05. The van der Waals surface area contributed by atoms with Crippen LogP contribution in [0.15, 0.2) is 30.5 Å². The Morgan fingerprint density at radius 3 is 2.74 bits per heavy atom. The van der Waals surface area contributed by atoms with Gasteiger partial charge in [0.15, 0.2) is 0 Å². The Labute approximate surface area is 134 Å². The number of nitrogens with zero attached hydrogens (tertiary/aromatic N) is 1. The van der Waals surface area contributed by atoms with Crippen molar-refractivity contribution in [2.75, 3.05) is 6.54 Å². The second-order valence-corrected chi connectivity index (χ2v) is 5.52. The summed E-state index contributed by atoms with van der Waals surface area (Å²) in [6, 6.07) is 6.51. The summed E-state index contributed by atoms with van der Waals surface area (Å²) in [4.78, 5) is 22.1. The SMILES string of the molecule is O=C(O)CCCCCNC(=O)CCn1ccc2ccc(F)cc21. The minimum absolute atomic E-state index is 0.0542.